The van der Waals surface area contributed by atoms with Crippen molar-refractivity contribution in [2.45, 2.75) is 9.79 Å². The first kappa shape index (κ1) is 18.4. The minimum atomic E-state index is -3.68. The van der Waals surface area contributed by atoms with Crippen molar-refractivity contribution in [3.05, 3.63) is 88.2 Å². The number of rotatable bonds is 4. The number of aromatic nitrogens is 1. The Kier molecular flexibility index (Phi) is 5.29. The second kappa shape index (κ2) is 7.47. The maximum Gasteiger partial charge on any atom is 0.208 e. The van der Waals surface area contributed by atoms with Crippen molar-refractivity contribution in [1.82, 2.24) is 4.98 Å². The van der Waals surface area contributed by atoms with Crippen LogP contribution in [0.4, 0.5) is 8.78 Å². The normalized spacial score (nSPS) is 11.8. The molecule has 0 aliphatic heterocycles. The Morgan fingerprint density at radius 3 is 2.38 bits per heavy atom. The predicted octanol–water partition coefficient (Wildman–Crippen LogP) is 5.13. The number of hydrogen-bond donors (Lipinski definition) is 0. The molecule has 7 heteroatoms. The maximum absolute atomic E-state index is 13.6. The summed E-state index contributed by atoms with van der Waals surface area (Å²) in [6.45, 7) is 0. The van der Waals surface area contributed by atoms with E-state index < -0.39 is 21.5 Å². The number of halogens is 3. The molecule has 1 heterocycles. The molecular formula is C19H12BrF2NO2S. The van der Waals surface area contributed by atoms with Crippen LogP contribution in [-0.2, 0) is 9.84 Å². The summed E-state index contributed by atoms with van der Waals surface area (Å²) in [5.41, 5.74) is 0.654. The molecule has 0 bridgehead atoms. The molecule has 0 radical (unpaired) electrons. The molecule has 0 atom stereocenters. The van der Waals surface area contributed by atoms with Gasteiger partial charge in [-0.25, -0.2) is 17.2 Å². The molecule has 0 N–H and O–H groups in total. The zero-order chi connectivity index (χ0) is 18.7. The van der Waals surface area contributed by atoms with Crippen LogP contribution in [0.15, 0.2) is 75.1 Å². The molecule has 0 unspecified atom stereocenters. The molecule has 132 valence electrons. The summed E-state index contributed by atoms with van der Waals surface area (Å²) in [6, 6.07) is 12.6. The highest BCUT2D eigenvalue weighted by molar-refractivity contribution is 9.10. The number of hydrogen-bond acceptors (Lipinski definition) is 3. The van der Waals surface area contributed by atoms with Gasteiger partial charge in [0.05, 0.1) is 15.5 Å². The van der Waals surface area contributed by atoms with E-state index in [1.807, 2.05) is 0 Å². The Morgan fingerprint density at radius 2 is 1.73 bits per heavy atom. The van der Waals surface area contributed by atoms with E-state index >= 15 is 0 Å². The third-order valence-corrected chi connectivity index (χ3v) is 5.80. The highest BCUT2D eigenvalue weighted by Gasteiger charge is 2.18. The standard InChI is InChI=1S/C19H12BrF2NO2S/c20-14-2-1-3-17(10-14)26(24,25)18-9-8-16(23-12-18)7-5-13-4-6-15(21)11-19(13)22/h1-12H/b7-5+. The lowest BCUT2D eigenvalue weighted by Gasteiger charge is -2.05. The fraction of sp³-hybridized carbons (Fsp3) is 0. The van der Waals surface area contributed by atoms with Gasteiger partial charge in [0, 0.05) is 22.3 Å². The van der Waals surface area contributed by atoms with Gasteiger partial charge in [0.1, 0.15) is 11.6 Å². The SMILES string of the molecule is O=S(=O)(c1ccc(/C=C/c2ccc(F)cc2F)nc1)c1cccc(Br)c1. The Labute approximate surface area is 158 Å². The second-order valence-corrected chi connectivity index (χ2v) is 8.24. The molecule has 0 saturated heterocycles. The van der Waals surface area contributed by atoms with E-state index in [4.69, 9.17) is 0 Å². The van der Waals surface area contributed by atoms with Gasteiger partial charge in [0.15, 0.2) is 0 Å². The third kappa shape index (κ3) is 4.05. The molecule has 0 amide bonds. The van der Waals surface area contributed by atoms with Crippen molar-refractivity contribution in [3.8, 4) is 0 Å². The largest absolute Gasteiger partial charge is 0.256 e. The molecule has 0 fully saturated rings. The van der Waals surface area contributed by atoms with E-state index in [0.717, 1.165) is 12.1 Å². The van der Waals surface area contributed by atoms with E-state index in [1.54, 1.807) is 12.1 Å². The molecule has 3 nitrogen and oxygen atoms in total. The number of sulfone groups is 1. The lowest BCUT2D eigenvalue weighted by molar-refractivity contribution is 0.581. The lowest BCUT2D eigenvalue weighted by Crippen LogP contribution is -2.02. The zero-order valence-electron chi connectivity index (χ0n) is 13.2. The smallest absolute Gasteiger partial charge is 0.208 e. The van der Waals surface area contributed by atoms with Gasteiger partial charge in [-0.2, -0.15) is 0 Å². The van der Waals surface area contributed by atoms with Gasteiger partial charge in [-0.15, -0.1) is 0 Å². The van der Waals surface area contributed by atoms with Crippen LogP contribution in [0, 0.1) is 11.6 Å². The molecule has 0 aliphatic carbocycles. The Hall–Kier alpha value is -2.38. The minimum Gasteiger partial charge on any atom is -0.256 e. The van der Waals surface area contributed by atoms with Crippen LogP contribution in [0.25, 0.3) is 12.2 Å². The van der Waals surface area contributed by atoms with Crippen LogP contribution in [0.1, 0.15) is 11.3 Å². The first-order valence-corrected chi connectivity index (χ1v) is 9.74. The van der Waals surface area contributed by atoms with Crippen LogP contribution in [-0.4, -0.2) is 13.4 Å². The number of benzene rings is 2. The van der Waals surface area contributed by atoms with Crippen molar-refractivity contribution >= 4 is 37.9 Å². The van der Waals surface area contributed by atoms with Crippen molar-refractivity contribution in [2.75, 3.05) is 0 Å². The first-order chi connectivity index (χ1) is 12.4. The predicted molar refractivity (Wildman–Crippen MR) is 99.1 cm³/mol. The fourth-order valence-corrected chi connectivity index (χ4v) is 4.03. The Bertz CT molecular complexity index is 1080. The average Bonchev–Trinajstić information content (AvgIpc) is 2.61. The summed E-state index contributed by atoms with van der Waals surface area (Å²) < 4.78 is 52.3. The quantitative estimate of drug-likeness (QED) is 0.570. The average molecular weight is 436 g/mol. The van der Waals surface area contributed by atoms with Gasteiger partial charge >= 0.3 is 0 Å². The van der Waals surface area contributed by atoms with E-state index in [2.05, 4.69) is 20.9 Å². The summed E-state index contributed by atoms with van der Waals surface area (Å²) in [5.74, 6) is -1.34. The summed E-state index contributed by atoms with van der Waals surface area (Å²) in [7, 11) is -3.68. The molecule has 0 aliphatic rings. The molecule has 0 spiro atoms. The van der Waals surface area contributed by atoms with E-state index in [-0.39, 0.29) is 15.4 Å². The molecule has 3 aromatic rings. The van der Waals surface area contributed by atoms with Gasteiger partial charge in [-0.1, -0.05) is 22.0 Å². The third-order valence-electron chi connectivity index (χ3n) is 3.57. The van der Waals surface area contributed by atoms with Crippen LogP contribution >= 0.6 is 15.9 Å². The minimum absolute atomic E-state index is 0.0562. The summed E-state index contributed by atoms with van der Waals surface area (Å²) in [5, 5.41) is 0. The van der Waals surface area contributed by atoms with E-state index in [9.17, 15) is 17.2 Å². The van der Waals surface area contributed by atoms with Crippen molar-refractivity contribution in [1.29, 1.82) is 0 Å². The van der Waals surface area contributed by atoms with Crippen LogP contribution in [0.5, 0.6) is 0 Å². The highest BCUT2D eigenvalue weighted by atomic mass is 79.9. The molecule has 26 heavy (non-hydrogen) atoms. The monoisotopic (exact) mass is 435 g/mol. The summed E-state index contributed by atoms with van der Waals surface area (Å²) in [6.07, 6.45) is 4.21. The van der Waals surface area contributed by atoms with E-state index in [1.165, 1.54) is 48.7 Å². The summed E-state index contributed by atoms with van der Waals surface area (Å²) >= 11 is 3.25. The number of nitrogens with zero attached hydrogens (tertiary/aromatic N) is 1. The second-order valence-electron chi connectivity index (χ2n) is 5.38. The van der Waals surface area contributed by atoms with Crippen molar-refractivity contribution in [3.63, 3.8) is 0 Å². The zero-order valence-corrected chi connectivity index (χ0v) is 15.6. The maximum atomic E-state index is 13.6. The van der Waals surface area contributed by atoms with Crippen molar-refractivity contribution < 1.29 is 17.2 Å². The molecule has 0 saturated carbocycles. The van der Waals surface area contributed by atoms with Gasteiger partial charge in [-0.3, -0.25) is 4.98 Å². The van der Waals surface area contributed by atoms with Crippen molar-refractivity contribution in [2.24, 2.45) is 0 Å². The van der Waals surface area contributed by atoms with Gasteiger partial charge in [0.2, 0.25) is 9.84 Å². The Morgan fingerprint density at radius 1 is 0.923 bits per heavy atom. The highest BCUT2D eigenvalue weighted by Crippen LogP contribution is 2.23. The molecular weight excluding hydrogens is 424 g/mol. The van der Waals surface area contributed by atoms with Gasteiger partial charge in [0.25, 0.3) is 0 Å². The summed E-state index contributed by atoms with van der Waals surface area (Å²) in [4.78, 5) is 4.29. The molecule has 1 aromatic heterocycles. The Balaban J connectivity index is 1.85. The van der Waals surface area contributed by atoms with Crippen LogP contribution < -0.4 is 0 Å². The van der Waals surface area contributed by atoms with Crippen LogP contribution in [0.3, 0.4) is 0 Å². The molecule has 2 aromatic carbocycles. The first-order valence-electron chi connectivity index (χ1n) is 7.46. The van der Waals surface area contributed by atoms with Gasteiger partial charge < -0.3 is 0 Å². The number of pyridine rings is 1. The van der Waals surface area contributed by atoms with Gasteiger partial charge in [-0.05, 0) is 54.6 Å². The van der Waals surface area contributed by atoms with Crippen LogP contribution in [0.2, 0.25) is 0 Å². The molecule has 3 rings (SSSR count). The fourth-order valence-electron chi connectivity index (χ4n) is 2.23. The lowest BCUT2D eigenvalue weighted by atomic mass is 10.2. The van der Waals surface area contributed by atoms with E-state index in [0.29, 0.717) is 10.2 Å². The topological polar surface area (TPSA) is 47.0 Å².